The van der Waals surface area contributed by atoms with E-state index in [2.05, 4.69) is 10.5 Å². The Labute approximate surface area is 119 Å². The molecule has 1 aromatic carbocycles. The maximum Gasteiger partial charge on any atom is 0.308 e. The standard InChI is InChI=1S/C13H11N5OS/c1-8(2)18-11-4-3-9(5-12(11)20-13(18)19)16-17-10(6-14)7-15/h3-5,8,16H,1-2H3. The molecule has 0 aliphatic carbocycles. The molecule has 0 atom stereocenters. The van der Waals surface area contributed by atoms with Gasteiger partial charge in [0.25, 0.3) is 0 Å². The fourth-order valence-corrected chi connectivity index (χ4v) is 2.84. The second-order valence-corrected chi connectivity index (χ2v) is 5.30. The Balaban J connectivity index is 2.42. The van der Waals surface area contributed by atoms with Gasteiger partial charge in [-0.25, -0.2) is 0 Å². The second-order valence-electron chi connectivity index (χ2n) is 4.31. The molecule has 0 saturated carbocycles. The zero-order valence-corrected chi connectivity index (χ0v) is 11.7. The van der Waals surface area contributed by atoms with Crippen LogP contribution >= 0.6 is 11.3 Å². The molecule has 0 unspecified atom stereocenters. The van der Waals surface area contributed by atoms with Crippen molar-refractivity contribution in [3.8, 4) is 12.1 Å². The Morgan fingerprint density at radius 3 is 2.70 bits per heavy atom. The summed E-state index contributed by atoms with van der Waals surface area (Å²) in [6, 6.07) is 8.77. The fraction of sp³-hybridized carbons (Fsp3) is 0.231. The van der Waals surface area contributed by atoms with E-state index in [0.717, 1.165) is 21.6 Å². The van der Waals surface area contributed by atoms with Crippen molar-refractivity contribution in [2.24, 2.45) is 5.10 Å². The summed E-state index contributed by atoms with van der Waals surface area (Å²) in [5, 5.41) is 20.8. The van der Waals surface area contributed by atoms with Crippen LogP contribution in [0.3, 0.4) is 0 Å². The summed E-state index contributed by atoms with van der Waals surface area (Å²) in [6.07, 6.45) is 0. The second kappa shape index (κ2) is 5.55. The number of rotatable bonds is 3. The van der Waals surface area contributed by atoms with Gasteiger partial charge in [0.05, 0.1) is 15.9 Å². The Kier molecular flexibility index (Phi) is 3.83. The highest BCUT2D eigenvalue weighted by atomic mass is 32.1. The first kappa shape index (κ1) is 13.8. The van der Waals surface area contributed by atoms with Crippen LogP contribution in [-0.2, 0) is 0 Å². The first-order chi connectivity index (χ1) is 9.56. The van der Waals surface area contributed by atoms with Gasteiger partial charge in [-0.2, -0.15) is 15.6 Å². The van der Waals surface area contributed by atoms with Gasteiger partial charge in [0, 0.05) is 6.04 Å². The molecule has 2 rings (SSSR count). The SMILES string of the molecule is CC(C)n1c(=O)sc2cc(NN=C(C#N)C#N)ccc21. The van der Waals surface area contributed by atoms with E-state index in [-0.39, 0.29) is 16.6 Å². The summed E-state index contributed by atoms with van der Waals surface area (Å²) >= 11 is 1.16. The normalized spacial score (nSPS) is 10.1. The van der Waals surface area contributed by atoms with Gasteiger partial charge in [-0.15, -0.1) is 0 Å². The smallest absolute Gasteiger partial charge is 0.296 e. The fourth-order valence-electron chi connectivity index (χ4n) is 1.79. The summed E-state index contributed by atoms with van der Waals surface area (Å²) < 4.78 is 2.56. The highest BCUT2D eigenvalue weighted by molar-refractivity contribution is 7.16. The molecule has 7 heteroatoms. The molecule has 0 aliphatic rings. The first-order valence-electron chi connectivity index (χ1n) is 5.85. The number of thiazole rings is 1. The number of nitriles is 2. The number of hydrogen-bond donors (Lipinski definition) is 1. The van der Waals surface area contributed by atoms with Crippen LogP contribution in [0, 0.1) is 22.7 Å². The maximum absolute atomic E-state index is 11.9. The lowest BCUT2D eigenvalue weighted by Gasteiger charge is -2.07. The van der Waals surface area contributed by atoms with E-state index >= 15 is 0 Å². The molecule has 6 nitrogen and oxygen atoms in total. The van der Waals surface area contributed by atoms with Crippen molar-refractivity contribution in [1.29, 1.82) is 10.5 Å². The van der Waals surface area contributed by atoms with Crippen LogP contribution in [0.15, 0.2) is 28.1 Å². The molecule has 20 heavy (non-hydrogen) atoms. The molecule has 100 valence electrons. The van der Waals surface area contributed by atoms with Gasteiger partial charge in [-0.05, 0) is 32.0 Å². The van der Waals surface area contributed by atoms with Gasteiger partial charge in [0.2, 0.25) is 5.71 Å². The molecule has 0 aliphatic heterocycles. The third-order valence-corrected chi connectivity index (χ3v) is 3.56. The molecule has 0 radical (unpaired) electrons. The Bertz CT molecular complexity index is 800. The zero-order valence-electron chi connectivity index (χ0n) is 10.9. The lowest BCUT2D eigenvalue weighted by Crippen LogP contribution is -2.14. The number of nitrogens with zero attached hydrogens (tertiary/aromatic N) is 4. The number of nitrogens with one attached hydrogen (secondary N) is 1. The molecule has 0 bridgehead atoms. The Hall–Kier alpha value is -2.64. The summed E-state index contributed by atoms with van der Waals surface area (Å²) in [7, 11) is 0. The van der Waals surface area contributed by atoms with Gasteiger partial charge in [-0.3, -0.25) is 14.8 Å². The minimum atomic E-state index is -0.252. The van der Waals surface area contributed by atoms with Crippen molar-refractivity contribution in [2.45, 2.75) is 19.9 Å². The van der Waals surface area contributed by atoms with E-state index in [0.29, 0.717) is 5.69 Å². The third kappa shape index (κ3) is 2.53. The number of hydrazone groups is 1. The van der Waals surface area contributed by atoms with Crippen molar-refractivity contribution >= 4 is 33.0 Å². The van der Waals surface area contributed by atoms with E-state index in [1.807, 2.05) is 19.9 Å². The van der Waals surface area contributed by atoms with Gasteiger partial charge in [0.15, 0.2) is 0 Å². The Morgan fingerprint density at radius 2 is 2.10 bits per heavy atom. The first-order valence-corrected chi connectivity index (χ1v) is 6.67. The summed E-state index contributed by atoms with van der Waals surface area (Å²) in [5.74, 6) is 0. The minimum absolute atomic E-state index is 0.00890. The van der Waals surface area contributed by atoms with Gasteiger partial charge >= 0.3 is 4.87 Å². The predicted molar refractivity (Wildman–Crippen MR) is 78.8 cm³/mol. The van der Waals surface area contributed by atoms with Crippen LogP contribution in [0.5, 0.6) is 0 Å². The molecule has 1 N–H and O–H groups in total. The molecule has 2 aromatic rings. The molecule has 0 amide bonds. The van der Waals surface area contributed by atoms with Crippen molar-refractivity contribution in [2.75, 3.05) is 5.43 Å². The van der Waals surface area contributed by atoms with E-state index < -0.39 is 0 Å². The van der Waals surface area contributed by atoms with Crippen LogP contribution in [0.2, 0.25) is 0 Å². The molecule has 1 heterocycles. The van der Waals surface area contributed by atoms with Crippen LogP contribution in [0.1, 0.15) is 19.9 Å². The van der Waals surface area contributed by atoms with Gasteiger partial charge in [0.1, 0.15) is 12.1 Å². The molecule has 1 aromatic heterocycles. The number of fused-ring (bicyclic) bond motifs is 1. The topological polar surface area (TPSA) is 94.0 Å². The lowest BCUT2D eigenvalue weighted by atomic mass is 10.3. The number of aromatic nitrogens is 1. The largest absolute Gasteiger partial charge is 0.308 e. The zero-order chi connectivity index (χ0) is 14.7. The molecule has 0 saturated heterocycles. The van der Waals surface area contributed by atoms with Crippen molar-refractivity contribution < 1.29 is 0 Å². The predicted octanol–water partition coefficient (Wildman–Crippen LogP) is 2.46. The highest BCUT2D eigenvalue weighted by Crippen LogP contribution is 2.24. The molecule has 0 spiro atoms. The van der Waals surface area contributed by atoms with E-state index in [4.69, 9.17) is 10.5 Å². The summed E-state index contributed by atoms with van der Waals surface area (Å²) in [6.45, 7) is 3.91. The van der Waals surface area contributed by atoms with Crippen molar-refractivity contribution in [3.63, 3.8) is 0 Å². The number of anilines is 1. The van der Waals surface area contributed by atoms with Crippen LogP contribution < -0.4 is 10.3 Å². The van der Waals surface area contributed by atoms with E-state index in [1.54, 1.807) is 28.8 Å². The van der Waals surface area contributed by atoms with Crippen molar-refractivity contribution in [3.05, 3.63) is 27.9 Å². The van der Waals surface area contributed by atoms with Crippen LogP contribution in [0.4, 0.5) is 5.69 Å². The maximum atomic E-state index is 11.9. The lowest BCUT2D eigenvalue weighted by molar-refractivity contribution is 0.611. The van der Waals surface area contributed by atoms with E-state index in [1.165, 1.54) is 0 Å². The van der Waals surface area contributed by atoms with Gasteiger partial charge in [-0.1, -0.05) is 11.3 Å². The quantitative estimate of drug-likeness (QED) is 0.692. The molecule has 0 fully saturated rings. The number of hydrogen-bond acceptors (Lipinski definition) is 6. The van der Waals surface area contributed by atoms with Gasteiger partial charge < -0.3 is 0 Å². The average Bonchev–Trinajstić information content (AvgIpc) is 2.75. The highest BCUT2D eigenvalue weighted by Gasteiger charge is 2.10. The third-order valence-electron chi connectivity index (χ3n) is 2.64. The minimum Gasteiger partial charge on any atom is -0.296 e. The number of benzene rings is 1. The summed E-state index contributed by atoms with van der Waals surface area (Å²) in [4.78, 5) is 11.9. The van der Waals surface area contributed by atoms with Crippen LogP contribution in [0.25, 0.3) is 10.2 Å². The molecular formula is C13H11N5OS. The van der Waals surface area contributed by atoms with Crippen LogP contribution in [-0.4, -0.2) is 10.3 Å². The van der Waals surface area contributed by atoms with Crippen molar-refractivity contribution in [1.82, 2.24) is 4.57 Å². The monoisotopic (exact) mass is 285 g/mol. The molecular weight excluding hydrogens is 274 g/mol. The summed E-state index contributed by atoms with van der Waals surface area (Å²) in [5.41, 5.74) is 3.87. The Morgan fingerprint density at radius 1 is 1.40 bits per heavy atom. The average molecular weight is 285 g/mol. The van der Waals surface area contributed by atoms with E-state index in [9.17, 15) is 4.79 Å².